The maximum Gasteiger partial charge on any atom is 0.165 e. The Morgan fingerprint density at radius 3 is 2.89 bits per heavy atom. The van der Waals surface area contributed by atoms with Gasteiger partial charge in [-0.05, 0) is 30.7 Å². The second-order valence-electron chi connectivity index (χ2n) is 5.22. The SMILES string of the molecule is NC1(CC(=O)c2cccc3cnccc23)CCC1. The zero-order valence-electron chi connectivity index (χ0n) is 10.2. The summed E-state index contributed by atoms with van der Waals surface area (Å²) < 4.78 is 0. The lowest BCUT2D eigenvalue weighted by Crippen LogP contribution is -2.48. The van der Waals surface area contributed by atoms with E-state index in [-0.39, 0.29) is 11.3 Å². The van der Waals surface area contributed by atoms with E-state index in [2.05, 4.69) is 4.98 Å². The smallest absolute Gasteiger partial charge is 0.165 e. The van der Waals surface area contributed by atoms with Gasteiger partial charge in [-0.2, -0.15) is 0 Å². The van der Waals surface area contributed by atoms with E-state index in [1.165, 1.54) is 0 Å². The Bertz CT molecular complexity index is 597. The minimum atomic E-state index is -0.258. The van der Waals surface area contributed by atoms with Crippen LogP contribution in [0.4, 0.5) is 0 Å². The van der Waals surface area contributed by atoms with E-state index < -0.39 is 0 Å². The lowest BCUT2D eigenvalue weighted by molar-refractivity contribution is 0.0914. The predicted octanol–water partition coefficient (Wildman–Crippen LogP) is 2.69. The van der Waals surface area contributed by atoms with Gasteiger partial charge in [-0.3, -0.25) is 9.78 Å². The van der Waals surface area contributed by atoms with Crippen molar-refractivity contribution in [2.45, 2.75) is 31.2 Å². The fourth-order valence-corrected chi connectivity index (χ4v) is 2.59. The van der Waals surface area contributed by atoms with E-state index in [1.807, 2.05) is 24.3 Å². The number of ketones is 1. The summed E-state index contributed by atoms with van der Waals surface area (Å²) in [5.41, 5.74) is 6.66. The fourth-order valence-electron chi connectivity index (χ4n) is 2.59. The number of carbonyl (C=O) groups is 1. The van der Waals surface area contributed by atoms with E-state index in [0.29, 0.717) is 6.42 Å². The number of pyridine rings is 1. The summed E-state index contributed by atoms with van der Waals surface area (Å²) in [6, 6.07) is 7.65. The highest BCUT2D eigenvalue weighted by atomic mass is 16.1. The number of nitrogens with zero attached hydrogens (tertiary/aromatic N) is 1. The third-order valence-electron chi connectivity index (χ3n) is 3.84. The van der Waals surface area contributed by atoms with Crippen molar-refractivity contribution >= 4 is 16.6 Å². The number of nitrogens with two attached hydrogens (primary N) is 1. The third kappa shape index (κ3) is 1.91. The van der Waals surface area contributed by atoms with Gasteiger partial charge in [-0.25, -0.2) is 0 Å². The zero-order chi connectivity index (χ0) is 12.6. The number of aromatic nitrogens is 1. The Labute approximate surface area is 106 Å². The summed E-state index contributed by atoms with van der Waals surface area (Å²) >= 11 is 0. The quantitative estimate of drug-likeness (QED) is 0.839. The van der Waals surface area contributed by atoms with Gasteiger partial charge in [0.15, 0.2) is 5.78 Å². The summed E-state index contributed by atoms with van der Waals surface area (Å²) in [4.78, 5) is 16.4. The normalized spacial score (nSPS) is 17.4. The second-order valence-corrected chi connectivity index (χ2v) is 5.22. The molecule has 1 aromatic carbocycles. The van der Waals surface area contributed by atoms with Crippen LogP contribution in [0.5, 0.6) is 0 Å². The molecule has 0 radical (unpaired) electrons. The van der Waals surface area contributed by atoms with Crippen LogP contribution in [0, 0.1) is 0 Å². The van der Waals surface area contributed by atoms with Crippen LogP contribution in [0.15, 0.2) is 36.7 Å². The molecule has 0 aliphatic heterocycles. The third-order valence-corrected chi connectivity index (χ3v) is 3.84. The first-order valence-electron chi connectivity index (χ1n) is 6.33. The number of hydrogen-bond acceptors (Lipinski definition) is 3. The lowest BCUT2D eigenvalue weighted by atomic mass is 9.73. The number of fused-ring (bicyclic) bond motifs is 1. The number of carbonyl (C=O) groups excluding carboxylic acids is 1. The summed E-state index contributed by atoms with van der Waals surface area (Å²) in [6.07, 6.45) is 7.03. The van der Waals surface area contributed by atoms with Crippen LogP contribution in [0.3, 0.4) is 0 Å². The number of hydrogen-bond donors (Lipinski definition) is 1. The van der Waals surface area contributed by atoms with Crippen LogP contribution in [0.25, 0.3) is 10.8 Å². The maximum atomic E-state index is 12.4. The van der Waals surface area contributed by atoms with Gasteiger partial charge < -0.3 is 5.73 Å². The van der Waals surface area contributed by atoms with Crippen LogP contribution >= 0.6 is 0 Å². The fraction of sp³-hybridized carbons (Fsp3) is 0.333. The molecule has 1 aromatic heterocycles. The van der Waals surface area contributed by atoms with E-state index in [0.717, 1.165) is 35.6 Å². The van der Waals surface area contributed by atoms with Gasteiger partial charge in [0.05, 0.1) is 0 Å². The van der Waals surface area contributed by atoms with Crippen molar-refractivity contribution in [2.24, 2.45) is 5.73 Å². The number of Topliss-reactive ketones (excluding diaryl/α,β-unsaturated/α-hetero) is 1. The van der Waals surface area contributed by atoms with Crippen LogP contribution < -0.4 is 5.73 Å². The highest BCUT2D eigenvalue weighted by Crippen LogP contribution is 2.33. The molecular formula is C15H16N2O. The molecule has 0 amide bonds. The summed E-state index contributed by atoms with van der Waals surface area (Å²) in [5, 5.41) is 1.98. The molecule has 0 atom stereocenters. The average molecular weight is 240 g/mol. The average Bonchev–Trinajstić information content (AvgIpc) is 2.36. The molecule has 1 saturated carbocycles. The van der Waals surface area contributed by atoms with Crippen molar-refractivity contribution < 1.29 is 4.79 Å². The first kappa shape index (κ1) is 11.4. The lowest BCUT2D eigenvalue weighted by Gasteiger charge is -2.37. The monoisotopic (exact) mass is 240 g/mol. The molecule has 3 heteroatoms. The molecule has 1 fully saturated rings. The minimum Gasteiger partial charge on any atom is -0.325 e. The Morgan fingerprint density at radius 1 is 1.33 bits per heavy atom. The Morgan fingerprint density at radius 2 is 2.17 bits per heavy atom. The van der Waals surface area contributed by atoms with Crippen molar-refractivity contribution in [1.82, 2.24) is 4.98 Å². The molecule has 1 aliphatic rings. The second kappa shape index (κ2) is 4.18. The Hall–Kier alpha value is -1.74. The Balaban J connectivity index is 1.96. The van der Waals surface area contributed by atoms with Gasteiger partial charge in [0.2, 0.25) is 0 Å². The molecule has 2 aromatic rings. The van der Waals surface area contributed by atoms with Gasteiger partial charge in [0.25, 0.3) is 0 Å². The van der Waals surface area contributed by atoms with E-state index >= 15 is 0 Å². The highest BCUT2D eigenvalue weighted by molar-refractivity contribution is 6.08. The standard InChI is InChI=1S/C15H16N2O/c16-15(6-2-7-15)9-14(18)13-4-1-3-11-10-17-8-5-12(11)13/h1,3-5,8,10H,2,6-7,9,16H2. The van der Waals surface area contributed by atoms with Crippen LogP contribution in [-0.2, 0) is 0 Å². The van der Waals surface area contributed by atoms with Gasteiger partial charge in [0, 0.05) is 35.3 Å². The van der Waals surface area contributed by atoms with Crippen LogP contribution in [-0.4, -0.2) is 16.3 Å². The number of benzene rings is 1. The first-order chi connectivity index (χ1) is 8.68. The number of rotatable bonds is 3. The van der Waals surface area contributed by atoms with Crippen molar-refractivity contribution in [1.29, 1.82) is 0 Å². The van der Waals surface area contributed by atoms with E-state index in [9.17, 15) is 4.79 Å². The van der Waals surface area contributed by atoms with Crippen molar-refractivity contribution in [3.8, 4) is 0 Å². The molecule has 1 heterocycles. The van der Waals surface area contributed by atoms with Gasteiger partial charge in [-0.1, -0.05) is 18.2 Å². The van der Waals surface area contributed by atoms with Crippen LogP contribution in [0.2, 0.25) is 0 Å². The summed E-state index contributed by atoms with van der Waals surface area (Å²) in [5.74, 6) is 0.147. The molecule has 1 aliphatic carbocycles. The van der Waals surface area contributed by atoms with E-state index in [4.69, 9.17) is 5.73 Å². The largest absolute Gasteiger partial charge is 0.325 e. The summed E-state index contributed by atoms with van der Waals surface area (Å²) in [6.45, 7) is 0. The molecule has 0 unspecified atom stereocenters. The minimum absolute atomic E-state index is 0.147. The molecule has 18 heavy (non-hydrogen) atoms. The molecular weight excluding hydrogens is 224 g/mol. The van der Waals surface area contributed by atoms with Crippen molar-refractivity contribution in [3.05, 3.63) is 42.2 Å². The molecule has 2 N–H and O–H groups in total. The predicted molar refractivity (Wildman–Crippen MR) is 71.5 cm³/mol. The molecule has 0 bridgehead atoms. The first-order valence-corrected chi connectivity index (χ1v) is 6.33. The zero-order valence-corrected chi connectivity index (χ0v) is 10.2. The van der Waals surface area contributed by atoms with Crippen molar-refractivity contribution in [3.63, 3.8) is 0 Å². The van der Waals surface area contributed by atoms with Gasteiger partial charge in [0.1, 0.15) is 0 Å². The van der Waals surface area contributed by atoms with Crippen molar-refractivity contribution in [2.75, 3.05) is 0 Å². The molecule has 0 saturated heterocycles. The van der Waals surface area contributed by atoms with Gasteiger partial charge in [-0.15, -0.1) is 0 Å². The molecule has 0 spiro atoms. The molecule has 3 nitrogen and oxygen atoms in total. The van der Waals surface area contributed by atoms with E-state index in [1.54, 1.807) is 12.4 Å². The Kier molecular flexibility index (Phi) is 2.63. The van der Waals surface area contributed by atoms with Crippen LogP contribution in [0.1, 0.15) is 36.0 Å². The van der Waals surface area contributed by atoms with Gasteiger partial charge >= 0.3 is 0 Å². The highest BCUT2D eigenvalue weighted by Gasteiger charge is 2.35. The maximum absolute atomic E-state index is 12.4. The summed E-state index contributed by atoms with van der Waals surface area (Å²) in [7, 11) is 0. The molecule has 3 rings (SSSR count). The molecule has 92 valence electrons. The topological polar surface area (TPSA) is 56.0 Å².